The lowest BCUT2D eigenvalue weighted by Gasteiger charge is -2.35. The quantitative estimate of drug-likeness (QED) is 0.679. The third-order valence-electron chi connectivity index (χ3n) is 6.38. The number of methoxy groups -OCH3 is 2. The van der Waals surface area contributed by atoms with Gasteiger partial charge in [0, 0.05) is 43.9 Å². The zero-order chi connectivity index (χ0) is 19.8. The van der Waals surface area contributed by atoms with Gasteiger partial charge in [0.05, 0.1) is 25.1 Å². The summed E-state index contributed by atoms with van der Waals surface area (Å²) in [5, 5.41) is 12.7. The Balaban J connectivity index is 1.50. The van der Waals surface area contributed by atoms with E-state index in [-0.39, 0.29) is 60.2 Å². The molecule has 0 radical (unpaired) electrons. The maximum atomic E-state index is 13.1. The highest BCUT2D eigenvalue weighted by molar-refractivity contribution is 8.00. The molecular weight excluding hydrogens is 380 g/mol. The monoisotopic (exact) mass is 410 g/mol. The number of aliphatic hydroxyl groups excluding tert-OH is 1. The van der Waals surface area contributed by atoms with Crippen LogP contribution in [0.2, 0.25) is 0 Å². The van der Waals surface area contributed by atoms with E-state index in [9.17, 15) is 9.90 Å². The third kappa shape index (κ3) is 3.63. The van der Waals surface area contributed by atoms with Gasteiger partial charge in [-0.2, -0.15) is 0 Å². The molecule has 28 heavy (non-hydrogen) atoms. The van der Waals surface area contributed by atoms with Gasteiger partial charge >= 0.3 is 0 Å². The minimum atomic E-state index is -0.254. The highest BCUT2D eigenvalue weighted by Crippen LogP contribution is 2.38. The Morgan fingerprint density at radius 3 is 2.86 bits per heavy atom. The van der Waals surface area contributed by atoms with Crippen molar-refractivity contribution in [2.24, 2.45) is 27.7 Å². The number of aliphatic hydroxyl groups is 1. The van der Waals surface area contributed by atoms with Crippen molar-refractivity contribution in [1.29, 1.82) is 0 Å². The molecule has 0 aliphatic carbocycles. The number of likely N-dealkylation sites (tertiary alicyclic amines) is 1. The van der Waals surface area contributed by atoms with E-state index in [2.05, 4.69) is 17.2 Å². The Labute approximate surface area is 170 Å². The number of aliphatic imine (C=N–C) groups is 2. The molecule has 2 saturated heterocycles. The van der Waals surface area contributed by atoms with Gasteiger partial charge in [0.25, 0.3) is 0 Å². The molecule has 0 saturated carbocycles. The van der Waals surface area contributed by atoms with Gasteiger partial charge in [-0.3, -0.25) is 20.1 Å². The lowest BCUT2D eigenvalue weighted by atomic mass is 9.78. The molecule has 8 atom stereocenters. The first-order valence-corrected chi connectivity index (χ1v) is 11.0. The van der Waals surface area contributed by atoms with Crippen molar-refractivity contribution in [2.45, 2.75) is 49.7 Å². The first kappa shape index (κ1) is 20.3. The fourth-order valence-corrected chi connectivity index (χ4v) is 6.09. The fourth-order valence-electron chi connectivity index (χ4n) is 4.83. The zero-order valence-electron chi connectivity index (χ0n) is 16.7. The molecule has 8 nitrogen and oxygen atoms in total. The second kappa shape index (κ2) is 8.39. The minimum Gasteiger partial charge on any atom is -0.395 e. The number of nitrogens with zero attached hydrogens (tertiary/aromatic N) is 3. The number of hydrogen-bond acceptors (Lipinski definition) is 8. The maximum Gasteiger partial charge on any atom is 0.233 e. The summed E-state index contributed by atoms with van der Waals surface area (Å²) in [6.07, 6.45) is 3.36. The van der Waals surface area contributed by atoms with Crippen LogP contribution in [0.3, 0.4) is 0 Å². The van der Waals surface area contributed by atoms with Gasteiger partial charge in [-0.1, -0.05) is 6.92 Å². The van der Waals surface area contributed by atoms with Crippen LogP contribution in [-0.2, 0) is 14.3 Å². The van der Waals surface area contributed by atoms with E-state index in [4.69, 9.17) is 14.5 Å². The normalized spacial score (nSPS) is 43.4. The second-order valence-corrected chi connectivity index (χ2v) is 9.29. The molecule has 1 amide bonds. The highest BCUT2D eigenvalue weighted by atomic mass is 32.2. The van der Waals surface area contributed by atoms with Crippen LogP contribution in [0.4, 0.5) is 0 Å². The van der Waals surface area contributed by atoms with E-state index in [0.29, 0.717) is 6.54 Å². The van der Waals surface area contributed by atoms with E-state index in [0.717, 1.165) is 24.3 Å². The SMILES string of the molecule is COC1CC(C2CC(C)C3C(=O)N(C4NC(CO)CS4)CC3=N2)C=NC1OC. The molecule has 8 unspecified atom stereocenters. The minimum absolute atomic E-state index is 0.0516. The van der Waals surface area contributed by atoms with Gasteiger partial charge in [-0.15, -0.1) is 11.8 Å². The molecule has 0 aromatic carbocycles. The Morgan fingerprint density at radius 1 is 1.36 bits per heavy atom. The number of carbonyl (C=O) groups is 1. The molecule has 4 heterocycles. The molecule has 2 N–H and O–H groups in total. The van der Waals surface area contributed by atoms with Gasteiger partial charge in [0.15, 0.2) is 6.23 Å². The van der Waals surface area contributed by atoms with Gasteiger partial charge < -0.3 is 19.5 Å². The lowest BCUT2D eigenvalue weighted by molar-refractivity contribution is -0.132. The Hall–Kier alpha value is -1.00. The smallest absolute Gasteiger partial charge is 0.233 e. The molecule has 4 rings (SSSR count). The van der Waals surface area contributed by atoms with Crippen molar-refractivity contribution in [3.05, 3.63) is 0 Å². The van der Waals surface area contributed by atoms with E-state index in [1.807, 2.05) is 11.1 Å². The second-order valence-electron chi connectivity index (χ2n) is 8.17. The van der Waals surface area contributed by atoms with Crippen LogP contribution in [0.15, 0.2) is 9.98 Å². The standard InChI is InChI=1S/C19H30N4O4S/c1-10-4-13(11-5-15(26-2)17(27-3)20-6-11)22-14-7-23(18(25)16(10)14)19-21-12(8-24)9-28-19/h6,10-13,15-17,19,21,24H,4-5,7-9H2,1-3H3. The Morgan fingerprint density at radius 2 is 2.18 bits per heavy atom. The number of hydrogen-bond donors (Lipinski definition) is 2. The summed E-state index contributed by atoms with van der Waals surface area (Å²) in [5.41, 5.74) is 0.931. The first-order chi connectivity index (χ1) is 13.5. The number of thioether (sulfide) groups is 1. The fraction of sp³-hybridized carbons (Fsp3) is 0.842. The number of amides is 1. The summed E-state index contributed by atoms with van der Waals surface area (Å²) in [5.74, 6) is 1.33. The topological polar surface area (TPSA) is 95.8 Å². The van der Waals surface area contributed by atoms with Gasteiger partial charge in [0.1, 0.15) is 11.6 Å². The van der Waals surface area contributed by atoms with Crippen LogP contribution < -0.4 is 5.32 Å². The van der Waals surface area contributed by atoms with E-state index < -0.39 is 0 Å². The van der Waals surface area contributed by atoms with Crippen molar-refractivity contribution in [1.82, 2.24) is 10.2 Å². The Bertz CT molecular complexity index is 660. The molecular formula is C19H30N4O4S. The summed E-state index contributed by atoms with van der Waals surface area (Å²) < 4.78 is 11.0. The van der Waals surface area contributed by atoms with Gasteiger partial charge in [-0.25, -0.2) is 0 Å². The molecule has 0 bridgehead atoms. The molecule has 0 aromatic heterocycles. The molecule has 9 heteroatoms. The van der Waals surface area contributed by atoms with Crippen LogP contribution in [0.1, 0.15) is 19.8 Å². The average Bonchev–Trinajstić information content (AvgIpc) is 3.31. The van der Waals surface area contributed by atoms with Gasteiger partial charge in [-0.05, 0) is 18.8 Å². The van der Waals surface area contributed by atoms with Crippen molar-refractivity contribution in [2.75, 3.05) is 33.1 Å². The molecule has 0 aromatic rings. The highest BCUT2D eigenvalue weighted by Gasteiger charge is 2.48. The molecule has 2 fully saturated rings. The van der Waals surface area contributed by atoms with Gasteiger partial charge in [0.2, 0.25) is 5.91 Å². The summed E-state index contributed by atoms with van der Waals surface area (Å²) in [7, 11) is 3.34. The van der Waals surface area contributed by atoms with Crippen LogP contribution in [0.5, 0.6) is 0 Å². The Kier molecular flexibility index (Phi) is 6.08. The summed E-state index contributed by atoms with van der Waals surface area (Å²) in [6.45, 7) is 2.83. The number of rotatable bonds is 5. The first-order valence-electron chi connectivity index (χ1n) is 10.00. The van der Waals surface area contributed by atoms with Crippen molar-refractivity contribution in [3.8, 4) is 0 Å². The number of carbonyl (C=O) groups excluding carboxylic acids is 1. The largest absolute Gasteiger partial charge is 0.395 e. The molecule has 4 aliphatic rings. The predicted molar refractivity (Wildman–Crippen MR) is 109 cm³/mol. The maximum absolute atomic E-state index is 13.1. The van der Waals surface area contributed by atoms with Crippen LogP contribution in [0, 0.1) is 17.8 Å². The molecule has 0 spiro atoms. The van der Waals surface area contributed by atoms with Crippen LogP contribution in [0.25, 0.3) is 0 Å². The summed E-state index contributed by atoms with van der Waals surface area (Å²) in [4.78, 5) is 24.5. The van der Waals surface area contributed by atoms with Crippen molar-refractivity contribution in [3.63, 3.8) is 0 Å². The van der Waals surface area contributed by atoms with Crippen molar-refractivity contribution < 1.29 is 19.4 Å². The van der Waals surface area contributed by atoms with Crippen molar-refractivity contribution >= 4 is 29.6 Å². The van der Waals surface area contributed by atoms with Crippen LogP contribution >= 0.6 is 11.8 Å². The van der Waals surface area contributed by atoms with E-state index >= 15 is 0 Å². The zero-order valence-corrected chi connectivity index (χ0v) is 17.5. The summed E-state index contributed by atoms with van der Waals surface area (Å²) in [6, 6.07) is 0.179. The molecule has 4 aliphatic heterocycles. The number of ether oxygens (including phenoxy) is 2. The molecule has 156 valence electrons. The lowest BCUT2D eigenvalue weighted by Crippen LogP contribution is -2.45. The number of fused-ring (bicyclic) bond motifs is 1. The average molecular weight is 411 g/mol. The number of nitrogens with one attached hydrogen (secondary N) is 1. The van der Waals surface area contributed by atoms with Crippen LogP contribution in [-0.4, -0.2) is 90.9 Å². The van der Waals surface area contributed by atoms with E-state index in [1.165, 1.54) is 0 Å². The van der Waals surface area contributed by atoms with E-state index in [1.54, 1.807) is 26.0 Å². The summed E-state index contributed by atoms with van der Waals surface area (Å²) >= 11 is 1.68. The third-order valence-corrected chi connectivity index (χ3v) is 7.68. The predicted octanol–water partition coefficient (Wildman–Crippen LogP) is 0.353.